The van der Waals surface area contributed by atoms with Gasteiger partial charge >= 0.3 is 6.03 Å². The molecule has 0 bridgehead atoms. The van der Waals surface area contributed by atoms with Crippen LogP contribution in [0.5, 0.6) is 11.5 Å². The van der Waals surface area contributed by atoms with Gasteiger partial charge in [-0.25, -0.2) is 4.79 Å². The lowest BCUT2D eigenvalue weighted by Crippen LogP contribution is -2.30. The Morgan fingerprint density at radius 2 is 1.84 bits per heavy atom. The summed E-state index contributed by atoms with van der Waals surface area (Å²) in [4.78, 5) is 25.6. The maximum atomic E-state index is 12.5. The van der Waals surface area contributed by atoms with Crippen molar-refractivity contribution >= 4 is 18.0 Å². The van der Waals surface area contributed by atoms with Gasteiger partial charge < -0.3 is 14.8 Å². The largest absolute Gasteiger partial charge is 0.490 e. The summed E-state index contributed by atoms with van der Waals surface area (Å²) in [5.41, 5.74) is 2.85. The van der Waals surface area contributed by atoms with E-state index < -0.39 is 11.9 Å². The van der Waals surface area contributed by atoms with E-state index in [4.69, 9.17) is 9.47 Å². The number of ether oxygens (including phenoxy) is 2. The molecule has 0 aromatic heterocycles. The van der Waals surface area contributed by atoms with Crippen LogP contribution in [0.4, 0.5) is 4.79 Å². The minimum Gasteiger partial charge on any atom is -0.490 e. The van der Waals surface area contributed by atoms with E-state index in [-0.39, 0.29) is 12.2 Å². The number of allylic oxidation sites excluding steroid dienone is 1. The highest BCUT2D eigenvalue weighted by atomic mass is 16.5. The average molecular weight is 418 g/mol. The van der Waals surface area contributed by atoms with Crippen molar-refractivity contribution in [3.8, 4) is 11.5 Å². The molecular weight excluding hydrogens is 392 g/mol. The van der Waals surface area contributed by atoms with Crippen LogP contribution < -0.4 is 14.8 Å². The highest BCUT2D eigenvalue weighted by molar-refractivity contribution is 6.14. The second kappa shape index (κ2) is 10.3. The van der Waals surface area contributed by atoms with Crippen molar-refractivity contribution in [2.45, 2.75) is 20.0 Å². The fourth-order valence-corrected chi connectivity index (χ4v) is 3.26. The molecule has 1 N–H and O–H groups in total. The van der Waals surface area contributed by atoms with Gasteiger partial charge in [0, 0.05) is 12.1 Å². The van der Waals surface area contributed by atoms with Gasteiger partial charge in [0.25, 0.3) is 5.91 Å². The molecule has 160 valence electrons. The first-order valence-corrected chi connectivity index (χ1v) is 10.1. The number of urea groups is 1. The first kappa shape index (κ1) is 21.9. The monoisotopic (exact) mass is 418 g/mol. The van der Waals surface area contributed by atoms with Gasteiger partial charge in [-0.3, -0.25) is 9.69 Å². The molecule has 6 heteroatoms. The lowest BCUT2D eigenvalue weighted by atomic mass is 10.0. The molecule has 0 atom stereocenters. The molecular formula is C25H26N2O4. The number of nitrogens with one attached hydrogen (secondary N) is 1. The van der Waals surface area contributed by atoms with Gasteiger partial charge in [-0.1, -0.05) is 42.5 Å². The molecule has 31 heavy (non-hydrogen) atoms. The lowest BCUT2D eigenvalue weighted by molar-refractivity contribution is -0.122. The van der Waals surface area contributed by atoms with E-state index in [1.54, 1.807) is 18.2 Å². The van der Waals surface area contributed by atoms with Crippen LogP contribution in [0.2, 0.25) is 0 Å². The van der Waals surface area contributed by atoms with Crippen molar-refractivity contribution in [2.75, 3.05) is 13.2 Å². The van der Waals surface area contributed by atoms with Crippen LogP contribution in [-0.4, -0.2) is 30.0 Å². The Labute approximate surface area is 182 Å². The number of rotatable bonds is 10. The molecule has 1 aliphatic rings. The number of nitrogens with zero attached hydrogens (tertiary/aromatic N) is 1. The van der Waals surface area contributed by atoms with E-state index in [9.17, 15) is 9.59 Å². The van der Waals surface area contributed by atoms with Crippen LogP contribution in [-0.2, 0) is 17.8 Å². The van der Waals surface area contributed by atoms with Crippen molar-refractivity contribution < 1.29 is 19.1 Å². The topological polar surface area (TPSA) is 67.9 Å². The predicted octanol–water partition coefficient (Wildman–Crippen LogP) is 4.47. The van der Waals surface area contributed by atoms with Gasteiger partial charge in [-0.05, 0) is 42.7 Å². The second-order valence-corrected chi connectivity index (χ2v) is 6.90. The molecule has 1 fully saturated rings. The molecule has 0 unspecified atom stereocenters. The number of amides is 3. The van der Waals surface area contributed by atoms with Gasteiger partial charge in [0.2, 0.25) is 0 Å². The Balaban J connectivity index is 1.95. The zero-order chi connectivity index (χ0) is 22.2. The predicted molar refractivity (Wildman–Crippen MR) is 121 cm³/mol. The van der Waals surface area contributed by atoms with Crippen molar-refractivity contribution in [3.63, 3.8) is 0 Å². The van der Waals surface area contributed by atoms with Crippen LogP contribution in [0, 0.1) is 0 Å². The number of imide groups is 1. The summed E-state index contributed by atoms with van der Waals surface area (Å²) in [5, 5.41) is 2.61. The smallest absolute Gasteiger partial charge is 0.329 e. The number of benzene rings is 2. The summed E-state index contributed by atoms with van der Waals surface area (Å²) in [5.74, 6) is 0.824. The summed E-state index contributed by atoms with van der Waals surface area (Å²) in [6.45, 7) is 10.3. The van der Waals surface area contributed by atoms with E-state index in [0.29, 0.717) is 31.1 Å². The summed E-state index contributed by atoms with van der Waals surface area (Å²) < 4.78 is 12.0. The second-order valence-electron chi connectivity index (χ2n) is 6.90. The Morgan fingerprint density at radius 1 is 1.06 bits per heavy atom. The molecule has 0 aliphatic carbocycles. The molecule has 6 nitrogen and oxygen atoms in total. The minimum absolute atomic E-state index is 0.153. The van der Waals surface area contributed by atoms with E-state index in [1.807, 2.05) is 43.3 Å². The van der Waals surface area contributed by atoms with E-state index in [1.165, 1.54) is 6.08 Å². The molecule has 1 heterocycles. The van der Waals surface area contributed by atoms with Crippen LogP contribution in [0.3, 0.4) is 0 Å². The zero-order valence-electron chi connectivity index (χ0n) is 17.6. The minimum atomic E-state index is -0.463. The van der Waals surface area contributed by atoms with E-state index in [2.05, 4.69) is 18.5 Å². The summed E-state index contributed by atoms with van der Waals surface area (Å²) in [6.07, 6.45) is 5.49. The molecule has 3 amide bonds. The zero-order valence-corrected chi connectivity index (χ0v) is 17.6. The van der Waals surface area contributed by atoms with Gasteiger partial charge in [-0.2, -0.15) is 0 Å². The number of hydrogen-bond donors (Lipinski definition) is 1. The Bertz CT molecular complexity index is 1010. The third-order valence-corrected chi connectivity index (χ3v) is 4.63. The normalized spacial score (nSPS) is 14.5. The summed E-state index contributed by atoms with van der Waals surface area (Å²) >= 11 is 0. The SMILES string of the molecule is C=CCc1cc(/C=C2/NC(=O)N(CC=C)C2=O)cc(OCC)c1OCc1ccccc1. The molecule has 3 rings (SSSR count). The molecule has 0 radical (unpaired) electrons. The van der Waals surface area contributed by atoms with Gasteiger partial charge in [-0.15, -0.1) is 13.2 Å². The maximum Gasteiger partial charge on any atom is 0.329 e. The quantitative estimate of drug-likeness (QED) is 0.351. The molecule has 2 aromatic rings. The molecule has 1 aliphatic heterocycles. The Kier molecular flexibility index (Phi) is 7.27. The van der Waals surface area contributed by atoms with E-state index in [0.717, 1.165) is 21.6 Å². The summed E-state index contributed by atoms with van der Waals surface area (Å²) in [7, 11) is 0. The first-order valence-electron chi connectivity index (χ1n) is 10.1. The van der Waals surface area contributed by atoms with Gasteiger partial charge in [0.15, 0.2) is 11.5 Å². The first-order chi connectivity index (χ1) is 15.1. The number of carbonyl (C=O) groups is 2. The standard InChI is InChI=1S/C25H26N2O4/c1-4-10-20-14-19(15-21-24(28)27(13-5-2)25(29)26-21)16-22(30-6-3)23(20)31-17-18-11-8-7-9-12-18/h4-5,7-9,11-12,14-16H,1-2,6,10,13,17H2,3H3,(H,26,29)/b21-15+. The van der Waals surface area contributed by atoms with Crippen molar-refractivity contribution in [1.82, 2.24) is 10.2 Å². The van der Waals surface area contributed by atoms with Gasteiger partial charge in [0.1, 0.15) is 12.3 Å². The molecule has 1 saturated heterocycles. The maximum absolute atomic E-state index is 12.5. The molecule has 2 aromatic carbocycles. The van der Waals surface area contributed by atoms with Gasteiger partial charge in [0.05, 0.1) is 6.61 Å². The van der Waals surface area contributed by atoms with Crippen LogP contribution >= 0.6 is 0 Å². The fraction of sp³-hybridized carbons (Fsp3) is 0.200. The Hall–Kier alpha value is -3.80. The third kappa shape index (κ3) is 5.22. The van der Waals surface area contributed by atoms with Crippen molar-refractivity contribution in [3.05, 3.63) is 90.2 Å². The number of hydrogen-bond acceptors (Lipinski definition) is 4. The Morgan fingerprint density at radius 3 is 2.52 bits per heavy atom. The van der Waals surface area contributed by atoms with Crippen molar-refractivity contribution in [1.29, 1.82) is 0 Å². The molecule has 0 saturated carbocycles. The summed E-state index contributed by atoms with van der Waals surface area (Å²) in [6, 6.07) is 13.1. The van der Waals surface area contributed by atoms with Crippen LogP contribution in [0.15, 0.2) is 73.5 Å². The molecule has 0 spiro atoms. The number of carbonyl (C=O) groups excluding carboxylic acids is 2. The highest BCUT2D eigenvalue weighted by Gasteiger charge is 2.32. The van der Waals surface area contributed by atoms with Crippen molar-refractivity contribution in [2.24, 2.45) is 0 Å². The third-order valence-electron chi connectivity index (χ3n) is 4.63. The van der Waals surface area contributed by atoms with Crippen LogP contribution in [0.25, 0.3) is 6.08 Å². The fourth-order valence-electron chi connectivity index (χ4n) is 3.26. The van der Waals surface area contributed by atoms with E-state index >= 15 is 0 Å². The average Bonchev–Trinajstić information content (AvgIpc) is 3.02. The highest BCUT2D eigenvalue weighted by Crippen LogP contribution is 2.35. The van der Waals surface area contributed by atoms with Crippen LogP contribution in [0.1, 0.15) is 23.6 Å². The lowest BCUT2D eigenvalue weighted by Gasteiger charge is -2.17.